The number of hydrogen-bond donors (Lipinski definition) is 0. The van der Waals surface area contributed by atoms with Crippen LogP contribution in [0, 0.1) is 11.5 Å². The van der Waals surface area contributed by atoms with Gasteiger partial charge in [0.15, 0.2) is 6.10 Å². The molecule has 0 aliphatic rings. The van der Waals surface area contributed by atoms with Gasteiger partial charge in [0.1, 0.15) is 8.07 Å². The molecule has 0 aromatic heterocycles. The molecule has 0 N–H and O–H groups in total. The molecule has 1 aromatic carbocycles. The maximum Gasteiger partial charge on any atom is 0.203 e. The number of ether oxygens (including phenoxy) is 1. The van der Waals surface area contributed by atoms with Crippen molar-refractivity contribution in [2.24, 2.45) is 0 Å². The highest BCUT2D eigenvalue weighted by Crippen LogP contribution is 2.06. The molecule has 2 nitrogen and oxygen atoms in total. The van der Waals surface area contributed by atoms with Crippen molar-refractivity contribution in [3.05, 3.63) is 35.9 Å². The van der Waals surface area contributed by atoms with Crippen molar-refractivity contribution in [3.63, 3.8) is 0 Å². The van der Waals surface area contributed by atoms with Gasteiger partial charge in [-0.05, 0) is 0 Å². The van der Waals surface area contributed by atoms with Crippen LogP contribution in [0.3, 0.4) is 0 Å². The molecular weight excluding hydrogens is 228 g/mol. The Morgan fingerprint density at radius 3 is 2.29 bits per heavy atom. The van der Waals surface area contributed by atoms with Crippen molar-refractivity contribution in [3.8, 4) is 11.5 Å². The van der Waals surface area contributed by atoms with E-state index in [4.69, 9.17) is 4.74 Å². The van der Waals surface area contributed by atoms with Gasteiger partial charge in [-0.15, -0.1) is 5.54 Å². The molecule has 1 unspecified atom stereocenters. The maximum atomic E-state index is 12.1. The van der Waals surface area contributed by atoms with Crippen LogP contribution in [0.15, 0.2) is 30.3 Å². The van der Waals surface area contributed by atoms with E-state index in [0.717, 1.165) is 0 Å². The van der Waals surface area contributed by atoms with Gasteiger partial charge in [0.25, 0.3) is 0 Å². The van der Waals surface area contributed by atoms with E-state index in [0.29, 0.717) is 5.56 Å². The first-order valence-corrected chi connectivity index (χ1v) is 9.09. The van der Waals surface area contributed by atoms with Crippen molar-refractivity contribution in [2.45, 2.75) is 25.7 Å². The molecule has 0 saturated heterocycles. The van der Waals surface area contributed by atoms with Crippen molar-refractivity contribution < 1.29 is 9.53 Å². The highest BCUT2D eigenvalue weighted by molar-refractivity contribution is 6.83. The van der Waals surface area contributed by atoms with Gasteiger partial charge >= 0.3 is 0 Å². The molecule has 0 aliphatic carbocycles. The second kappa shape index (κ2) is 5.81. The average molecular weight is 246 g/mol. The fraction of sp³-hybridized carbons (Fsp3) is 0.357. The van der Waals surface area contributed by atoms with Gasteiger partial charge in [0, 0.05) is 12.7 Å². The van der Waals surface area contributed by atoms with E-state index < -0.39 is 14.2 Å². The van der Waals surface area contributed by atoms with Crippen LogP contribution >= 0.6 is 0 Å². The van der Waals surface area contributed by atoms with Crippen LogP contribution in [0.2, 0.25) is 19.6 Å². The number of carbonyl (C=O) groups excluding carboxylic acids is 1. The van der Waals surface area contributed by atoms with E-state index >= 15 is 0 Å². The fourth-order valence-electron chi connectivity index (χ4n) is 1.27. The number of carbonyl (C=O) groups is 1. The second-order valence-electron chi connectivity index (χ2n) is 4.87. The van der Waals surface area contributed by atoms with Gasteiger partial charge < -0.3 is 4.74 Å². The number of benzene rings is 1. The van der Waals surface area contributed by atoms with Gasteiger partial charge in [0.05, 0.1) is 0 Å². The van der Waals surface area contributed by atoms with Gasteiger partial charge in [-0.3, -0.25) is 4.79 Å². The monoisotopic (exact) mass is 246 g/mol. The van der Waals surface area contributed by atoms with Crippen LogP contribution in [-0.2, 0) is 4.74 Å². The van der Waals surface area contributed by atoms with Crippen molar-refractivity contribution >= 4 is 13.9 Å². The summed E-state index contributed by atoms with van der Waals surface area (Å²) in [6, 6.07) is 9.12. The van der Waals surface area contributed by atoms with Gasteiger partial charge in [-0.25, -0.2) is 0 Å². The molecule has 0 aliphatic heterocycles. The molecule has 1 rings (SSSR count). The summed E-state index contributed by atoms with van der Waals surface area (Å²) in [6.07, 6.45) is -0.649. The summed E-state index contributed by atoms with van der Waals surface area (Å²) in [5.74, 6) is 2.88. The van der Waals surface area contributed by atoms with Crippen molar-refractivity contribution in [2.75, 3.05) is 7.11 Å². The van der Waals surface area contributed by atoms with E-state index in [1.807, 2.05) is 18.2 Å². The number of ketones is 1. The van der Waals surface area contributed by atoms with E-state index in [1.54, 1.807) is 12.1 Å². The highest BCUT2D eigenvalue weighted by atomic mass is 28.3. The lowest BCUT2D eigenvalue weighted by molar-refractivity contribution is 0.0738. The molecule has 0 spiro atoms. The molecular formula is C14H18O2Si. The molecule has 90 valence electrons. The molecule has 1 aromatic rings. The summed E-state index contributed by atoms with van der Waals surface area (Å²) in [6.45, 7) is 6.42. The minimum atomic E-state index is -1.48. The zero-order valence-corrected chi connectivity index (χ0v) is 11.8. The third-order valence-electron chi connectivity index (χ3n) is 2.11. The predicted octanol–water partition coefficient (Wildman–Crippen LogP) is 2.77. The third-order valence-corrected chi connectivity index (χ3v) is 3.00. The van der Waals surface area contributed by atoms with E-state index in [-0.39, 0.29) is 5.78 Å². The lowest BCUT2D eigenvalue weighted by atomic mass is 10.1. The van der Waals surface area contributed by atoms with Crippen molar-refractivity contribution in [1.82, 2.24) is 0 Å². The summed E-state index contributed by atoms with van der Waals surface area (Å²) < 4.78 is 5.16. The van der Waals surface area contributed by atoms with E-state index in [2.05, 4.69) is 31.1 Å². The SMILES string of the molecule is COC(C#C[Si](C)(C)C)C(=O)c1ccccc1. The zero-order valence-electron chi connectivity index (χ0n) is 10.8. The summed E-state index contributed by atoms with van der Waals surface area (Å²) in [5, 5.41) is 0. The largest absolute Gasteiger partial charge is 0.361 e. The lowest BCUT2D eigenvalue weighted by Crippen LogP contribution is -2.24. The van der Waals surface area contributed by atoms with E-state index in [9.17, 15) is 4.79 Å². The van der Waals surface area contributed by atoms with Gasteiger partial charge in [-0.1, -0.05) is 55.9 Å². The predicted molar refractivity (Wildman–Crippen MR) is 72.7 cm³/mol. The minimum Gasteiger partial charge on any atom is -0.361 e. The highest BCUT2D eigenvalue weighted by Gasteiger charge is 2.17. The molecule has 3 heteroatoms. The van der Waals surface area contributed by atoms with Crippen LogP contribution < -0.4 is 0 Å². The lowest BCUT2D eigenvalue weighted by Gasteiger charge is -2.09. The molecule has 1 atom stereocenters. The first-order valence-electron chi connectivity index (χ1n) is 5.59. The van der Waals surface area contributed by atoms with E-state index in [1.165, 1.54) is 7.11 Å². The van der Waals surface area contributed by atoms with Gasteiger partial charge in [-0.2, -0.15) is 0 Å². The summed E-state index contributed by atoms with van der Waals surface area (Å²) >= 11 is 0. The molecule has 0 amide bonds. The first kappa shape index (κ1) is 13.7. The van der Waals surface area contributed by atoms with Crippen LogP contribution in [0.25, 0.3) is 0 Å². The number of hydrogen-bond acceptors (Lipinski definition) is 2. The second-order valence-corrected chi connectivity index (χ2v) is 9.62. The number of Topliss-reactive ketones (excluding diaryl/α,β-unsaturated/α-hetero) is 1. The Morgan fingerprint density at radius 1 is 1.24 bits per heavy atom. The zero-order chi connectivity index (χ0) is 12.9. The van der Waals surface area contributed by atoms with Gasteiger partial charge in [0.2, 0.25) is 5.78 Å². The Bertz CT molecular complexity index is 435. The average Bonchev–Trinajstić information content (AvgIpc) is 2.29. The Balaban J connectivity index is 2.89. The first-order chi connectivity index (χ1) is 7.94. The van der Waals surface area contributed by atoms with Crippen LogP contribution in [0.4, 0.5) is 0 Å². The third kappa shape index (κ3) is 4.56. The molecule has 0 fully saturated rings. The molecule has 0 radical (unpaired) electrons. The summed E-state index contributed by atoms with van der Waals surface area (Å²) in [7, 11) is 0.0419. The standard InChI is InChI=1S/C14H18O2Si/c1-16-13(10-11-17(2,3)4)14(15)12-8-6-5-7-9-12/h5-9,13H,1-4H3. The Morgan fingerprint density at radius 2 is 1.82 bits per heavy atom. The Hall–Kier alpha value is -1.37. The summed E-state index contributed by atoms with van der Waals surface area (Å²) in [4.78, 5) is 12.1. The maximum absolute atomic E-state index is 12.1. The normalized spacial score (nSPS) is 12.5. The Kier molecular flexibility index (Phi) is 4.68. The minimum absolute atomic E-state index is 0.0705. The molecule has 17 heavy (non-hydrogen) atoms. The van der Waals surface area contributed by atoms with Crippen molar-refractivity contribution in [1.29, 1.82) is 0 Å². The van der Waals surface area contributed by atoms with Crippen LogP contribution in [0.5, 0.6) is 0 Å². The Labute approximate surface area is 104 Å². The smallest absolute Gasteiger partial charge is 0.203 e. The molecule has 0 heterocycles. The molecule has 0 bridgehead atoms. The quantitative estimate of drug-likeness (QED) is 0.466. The van der Waals surface area contributed by atoms with Crippen LogP contribution in [0.1, 0.15) is 10.4 Å². The van der Waals surface area contributed by atoms with Crippen LogP contribution in [-0.4, -0.2) is 27.1 Å². The fourth-order valence-corrected chi connectivity index (χ4v) is 1.83. The number of methoxy groups -OCH3 is 1. The molecule has 0 saturated carbocycles. The summed E-state index contributed by atoms with van der Waals surface area (Å²) in [5.41, 5.74) is 3.81. The number of rotatable bonds is 3. The topological polar surface area (TPSA) is 26.3 Å².